The number of nitrogen functional groups attached to an aromatic ring is 1. The van der Waals surface area contributed by atoms with Gasteiger partial charge < -0.3 is 11.1 Å². The number of fused-ring (bicyclic) bond motifs is 1. The third kappa shape index (κ3) is 3.59. The van der Waals surface area contributed by atoms with Gasteiger partial charge in [0.2, 0.25) is 5.91 Å². The number of nitrogens with two attached hydrogens (primary N) is 1. The van der Waals surface area contributed by atoms with E-state index in [1.165, 1.54) is 16.2 Å². The van der Waals surface area contributed by atoms with Gasteiger partial charge in [-0.05, 0) is 42.5 Å². The van der Waals surface area contributed by atoms with E-state index in [4.69, 9.17) is 5.73 Å². The van der Waals surface area contributed by atoms with E-state index < -0.39 is 0 Å². The highest BCUT2D eigenvalue weighted by Gasteiger charge is 2.08. The number of amides is 1. The maximum Gasteiger partial charge on any atom is 0.226 e. The molecule has 0 aliphatic heterocycles. The highest BCUT2D eigenvalue weighted by atomic mass is 32.1. The third-order valence-corrected chi connectivity index (χ3v) is 4.94. The summed E-state index contributed by atoms with van der Waals surface area (Å²) in [6.07, 6.45) is 2.31. The second kappa shape index (κ2) is 6.24. The van der Waals surface area contributed by atoms with Gasteiger partial charge in [0.25, 0.3) is 0 Å². The summed E-state index contributed by atoms with van der Waals surface area (Å²) in [6, 6.07) is 9.69. The molecule has 0 fully saturated rings. The Morgan fingerprint density at radius 1 is 1.33 bits per heavy atom. The fourth-order valence-electron chi connectivity index (χ4n) is 2.05. The first-order chi connectivity index (χ1) is 10.2. The van der Waals surface area contributed by atoms with Crippen LogP contribution in [0.1, 0.15) is 17.7 Å². The van der Waals surface area contributed by atoms with Crippen LogP contribution in [0.4, 0.5) is 10.8 Å². The highest BCUT2D eigenvalue weighted by molar-refractivity contribution is 7.22. The normalized spacial score (nSPS) is 10.9. The van der Waals surface area contributed by atoms with E-state index in [9.17, 15) is 4.79 Å². The number of thiophene rings is 1. The molecule has 4 nitrogen and oxygen atoms in total. The summed E-state index contributed by atoms with van der Waals surface area (Å²) >= 11 is 3.18. The summed E-state index contributed by atoms with van der Waals surface area (Å²) in [6.45, 7) is 0. The van der Waals surface area contributed by atoms with Gasteiger partial charge >= 0.3 is 0 Å². The molecule has 0 radical (unpaired) electrons. The van der Waals surface area contributed by atoms with Gasteiger partial charge in [-0.25, -0.2) is 4.98 Å². The van der Waals surface area contributed by atoms with Gasteiger partial charge in [-0.15, -0.1) is 11.3 Å². The molecule has 3 N–H and O–H groups in total. The van der Waals surface area contributed by atoms with Crippen LogP contribution in [0.2, 0.25) is 0 Å². The molecule has 0 atom stereocenters. The number of nitrogens with zero attached hydrogens (tertiary/aromatic N) is 1. The molecule has 0 bridgehead atoms. The lowest BCUT2D eigenvalue weighted by atomic mass is 10.2. The van der Waals surface area contributed by atoms with E-state index in [1.54, 1.807) is 11.3 Å². The zero-order valence-corrected chi connectivity index (χ0v) is 13.0. The van der Waals surface area contributed by atoms with E-state index >= 15 is 0 Å². The number of rotatable bonds is 5. The minimum atomic E-state index is 0.0126. The lowest BCUT2D eigenvalue weighted by Crippen LogP contribution is -2.11. The number of nitrogens with one attached hydrogen (secondary N) is 1. The van der Waals surface area contributed by atoms with Gasteiger partial charge in [-0.3, -0.25) is 4.79 Å². The van der Waals surface area contributed by atoms with Gasteiger partial charge in [0.05, 0.1) is 10.2 Å². The molecular formula is C15H15N3OS2. The fourth-order valence-corrected chi connectivity index (χ4v) is 3.74. The molecular weight excluding hydrogens is 302 g/mol. The molecule has 3 aromatic rings. The molecule has 21 heavy (non-hydrogen) atoms. The largest absolute Gasteiger partial charge is 0.399 e. The lowest BCUT2D eigenvalue weighted by Gasteiger charge is -2.00. The van der Waals surface area contributed by atoms with Gasteiger partial charge in [-0.1, -0.05) is 17.4 Å². The molecule has 2 heterocycles. The maximum absolute atomic E-state index is 11.9. The number of thiazole rings is 1. The molecule has 108 valence electrons. The highest BCUT2D eigenvalue weighted by Crippen LogP contribution is 2.27. The number of benzene rings is 1. The Bertz CT molecular complexity index is 749. The first-order valence-corrected chi connectivity index (χ1v) is 8.38. The van der Waals surface area contributed by atoms with E-state index in [0.29, 0.717) is 17.2 Å². The lowest BCUT2D eigenvalue weighted by molar-refractivity contribution is -0.116. The first kappa shape index (κ1) is 14.0. The molecule has 0 saturated heterocycles. The molecule has 2 aromatic heterocycles. The van der Waals surface area contributed by atoms with Gasteiger partial charge in [0.1, 0.15) is 0 Å². The van der Waals surface area contributed by atoms with Crippen LogP contribution in [-0.2, 0) is 11.2 Å². The van der Waals surface area contributed by atoms with E-state index in [0.717, 1.165) is 23.1 Å². The zero-order valence-electron chi connectivity index (χ0n) is 11.3. The van der Waals surface area contributed by atoms with Gasteiger partial charge in [0.15, 0.2) is 5.13 Å². The van der Waals surface area contributed by atoms with E-state index in [-0.39, 0.29) is 5.91 Å². The van der Waals surface area contributed by atoms with E-state index in [2.05, 4.69) is 21.7 Å². The second-order valence-corrected chi connectivity index (χ2v) is 6.79. The standard InChI is InChI=1S/C15H15N3OS2/c16-10-6-7-12-13(9-10)21-15(17-12)18-14(19)5-1-3-11-4-2-8-20-11/h2,4,6-9H,1,3,5,16H2,(H,17,18,19). The van der Waals surface area contributed by atoms with Crippen molar-refractivity contribution in [3.63, 3.8) is 0 Å². The molecule has 1 amide bonds. The number of anilines is 2. The molecule has 0 saturated carbocycles. The Labute approximate surface area is 130 Å². The number of carbonyl (C=O) groups is 1. The molecule has 6 heteroatoms. The average molecular weight is 317 g/mol. The Balaban J connectivity index is 1.55. The third-order valence-electron chi connectivity index (χ3n) is 3.07. The maximum atomic E-state index is 11.9. The van der Waals surface area contributed by atoms with Crippen molar-refractivity contribution in [1.82, 2.24) is 4.98 Å². The molecule has 0 spiro atoms. The summed E-state index contributed by atoms with van der Waals surface area (Å²) in [5.41, 5.74) is 7.31. The molecule has 0 unspecified atom stereocenters. The van der Waals surface area contributed by atoms with Crippen LogP contribution in [0, 0.1) is 0 Å². The van der Waals surface area contributed by atoms with Crippen molar-refractivity contribution in [2.24, 2.45) is 0 Å². The summed E-state index contributed by atoms with van der Waals surface area (Å²) < 4.78 is 0.990. The zero-order chi connectivity index (χ0) is 14.7. The minimum absolute atomic E-state index is 0.0126. The predicted octanol–water partition coefficient (Wildman–Crippen LogP) is 3.90. The summed E-state index contributed by atoms with van der Waals surface area (Å²) in [7, 11) is 0. The van der Waals surface area contributed by atoms with Gasteiger partial charge in [-0.2, -0.15) is 0 Å². The summed E-state index contributed by atoms with van der Waals surface area (Å²) in [5.74, 6) is 0.0126. The Hall–Kier alpha value is -1.92. The number of aromatic nitrogens is 1. The first-order valence-electron chi connectivity index (χ1n) is 6.69. The van der Waals surface area contributed by atoms with Crippen LogP contribution < -0.4 is 11.1 Å². The quantitative estimate of drug-likeness (QED) is 0.701. The van der Waals surface area contributed by atoms with Crippen molar-refractivity contribution in [3.05, 3.63) is 40.6 Å². The summed E-state index contributed by atoms with van der Waals surface area (Å²) in [4.78, 5) is 17.6. The van der Waals surface area contributed by atoms with Crippen molar-refractivity contribution >= 4 is 49.6 Å². The number of carbonyl (C=O) groups excluding carboxylic acids is 1. The number of hydrogen-bond donors (Lipinski definition) is 2. The average Bonchev–Trinajstić information content (AvgIpc) is 3.07. The van der Waals surface area contributed by atoms with Crippen molar-refractivity contribution in [1.29, 1.82) is 0 Å². The summed E-state index contributed by atoms with van der Waals surface area (Å²) in [5, 5.41) is 5.56. The monoisotopic (exact) mass is 317 g/mol. The predicted molar refractivity (Wildman–Crippen MR) is 89.9 cm³/mol. The van der Waals surface area contributed by atoms with Crippen LogP contribution in [0.15, 0.2) is 35.7 Å². The van der Waals surface area contributed by atoms with Gasteiger partial charge in [0, 0.05) is 17.0 Å². The van der Waals surface area contributed by atoms with Crippen LogP contribution >= 0.6 is 22.7 Å². The topological polar surface area (TPSA) is 68.0 Å². The van der Waals surface area contributed by atoms with Crippen molar-refractivity contribution in [2.75, 3.05) is 11.1 Å². The van der Waals surface area contributed by atoms with Crippen molar-refractivity contribution in [2.45, 2.75) is 19.3 Å². The number of hydrogen-bond acceptors (Lipinski definition) is 5. The molecule has 0 aliphatic rings. The van der Waals surface area contributed by atoms with Crippen molar-refractivity contribution in [3.8, 4) is 0 Å². The molecule has 0 aliphatic carbocycles. The molecule has 3 rings (SSSR count). The number of aryl methyl sites for hydroxylation is 1. The Morgan fingerprint density at radius 2 is 2.24 bits per heavy atom. The van der Waals surface area contributed by atoms with Crippen molar-refractivity contribution < 1.29 is 4.79 Å². The second-order valence-electron chi connectivity index (χ2n) is 4.73. The van der Waals surface area contributed by atoms with E-state index in [1.807, 2.05) is 24.3 Å². The van der Waals surface area contributed by atoms with Crippen LogP contribution in [0.5, 0.6) is 0 Å². The smallest absolute Gasteiger partial charge is 0.226 e. The fraction of sp³-hybridized carbons (Fsp3) is 0.200. The Kier molecular flexibility index (Phi) is 4.17. The SMILES string of the molecule is Nc1ccc2nc(NC(=O)CCCc3cccs3)sc2c1. The Morgan fingerprint density at radius 3 is 3.05 bits per heavy atom. The van der Waals surface area contributed by atoms with Crippen LogP contribution in [0.25, 0.3) is 10.2 Å². The minimum Gasteiger partial charge on any atom is -0.399 e. The van der Waals surface area contributed by atoms with Crippen LogP contribution in [-0.4, -0.2) is 10.9 Å². The van der Waals surface area contributed by atoms with Crippen LogP contribution in [0.3, 0.4) is 0 Å². The molecule has 1 aromatic carbocycles.